The SMILES string of the molecule is COC(=O)C1(NC(=O)c2cc(C)nc3cc(F)ccc23)CCC(C)CC1. The van der Waals surface area contributed by atoms with Crippen molar-refractivity contribution in [2.75, 3.05) is 7.11 Å². The minimum Gasteiger partial charge on any atom is -0.467 e. The van der Waals surface area contributed by atoms with Crippen LogP contribution in [0.2, 0.25) is 0 Å². The summed E-state index contributed by atoms with van der Waals surface area (Å²) in [6.07, 6.45) is 2.78. The first kappa shape index (κ1) is 18.3. The summed E-state index contributed by atoms with van der Waals surface area (Å²) in [6, 6.07) is 5.80. The average molecular weight is 358 g/mol. The van der Waals surface area contributed by atoms with Gasteiger partial charge in [0.05, 0.1) is 18.2 Å². The van der Waals surface area contributed by atoms with Crippen LogP contribution in [0.5, 0.6) is 0 Å². The maximum atomic E-state index is 13.5. The molecule has 3 rings (SSSR count). The Morgan fingerprint density at radius 3 is 2.62 bits per heavy atom. The van der Waals surface area contributed by atoms with Crippen molar-refractivity contribution in [2.45, 2.75) is 45.1 Å². The highest BCUT2D eigenvalue weighted by molar-refractivity contribution is 6.07. The van der Waals surface area contributed by atoms with Gasteiger partial charge in [-0.15, -0.1) is 0 Å². The van der Waals surface area contributed by atoms with Gasteiger partial charge in [-0.05, 0) is 56.7 Å². The molecule has 0 atom stereocenters. The zero-order valence-corrected chi connectivity index (χ0v) is 15.3. The van der Waals surface area contributed by atoms with E-state index in [1.165, 1.54) is 19.2 Å². The second-order valence-electron chi connectivity index (χ2n) is 7.18. The fourth-order valence-electron chi connectivity index (χ4n) is 3.64. The number of hydrogen-bond donors (Lipinski definition) is 1. The number of aromatic nitrogens is 1. The van der Waals surface area contributed by atoms with E-state index in [1.807, 2.05) is 0 Å². The Morgan fingerprint density at radius 2 is 1.96 bits per heavy atom. The van der Waals surface area contributed by atoms with Gasteiger partial charge >= 0.3 is 5.97 Å². The molecule has 6 heteroatoms. The first-order valence-electron chi connectivity index (χ1n) is 8.82. The number of carbonyl (C=O) groups excluding carboxylic acids is 2. The van der Waals surface area contributed by atoms with E-state index in [0.29, 0.717) is 40.9 Å². The summed E-state index contributed by atoms with van der Waals surface area (Å²) in [5.41, 5.74) is 0.397. The van der Waals surface area contributed by atoms with Crippen LogP contribution in [-0.4, -0.2) is 29.5 Å². The molecule has 1 saturated carbocycles. The molecule has 1 amide bonds. The lowest BCUT2D eigenvalue weighted by atomic mass is 9.77. The molecule has 0 saturated heterocycles. The Kier molecular flexibility index (Phi) is 4.94. The van der Waals surface area contributed by atoms with Gasteiger partial charge in [0.15, 0.2) is 0 Å². The van der Waals surface area contributed by atoms with Gasteiger partial charge in [-0.25, -0.2) is 9.18 Å². The van der Waals surface area contributed by atoms with Crippen molar-refractivity contribution in [2.24, 2.45) is 5.92 Å². The molecule has 138 valence electrons. The molecule has 1 aromatic carbocycles. The highest BCUT2D eigenvalue weighted by Crippen LogP contribution is 2.33. The van der Waals surface area contributed by atoms with Gasteiger partial charge in [-0.3, -0.25) is 9.78 Å². The monoisotopic (exact) mass is 358 g/mol. The minimum absolute atomic E-state index is 0.368. The lowest BCUT2D eigenvalue weighted by molar-refractivity contribution is -0.150. The summed E-state index contributed by atoms with van der Waals surface area (Å²) >= 11 is 0. The predicted octanol–water partition coefficient (Wildman–Crippen LogP) is 3.53. The number of pyridine rings is 1. The van der Waals surface area contributed by atoms with Crippen LogP contribution in [0.3, 0.4) is 0 Å². The zero-order valence-electron chi connectivity index (χ0n) is 15.3. The third-order valence-electron chi connectivity index (χ3n) is 5.20. The summed E-state index contributed by atoms with van der Waals surface area (Å²) < 4.78 is 18.5. The molecule has 1 aliphatic carbocycles. The largest absolute Gasteiger partial charge is 0.467 e. The number of nitrogens with zero attached hydrogens (tertiary/aromatic N) is 1. The molecule has 0 bridgehead atoms. The summed E-state index contributed by atoms with van der Waals surface area (Å²) in [6.45, 7) is 3.89. The molecule has 0 aliphatic heterocycles. The van der Waals surface area contributed by atoms with Crippen LogP contribution in [0.25, 0.3) is 10.9 Å². The molecule has 1 fully saturated rings. The minimum atomic E-state index is -1.01. The van der Waals surface area contributed by atoms with E-state index in [2.05, 4.69) is 17.2 Å². The molecule has 1 aromatic heterocycles. The highest BCUT2D eigenvalue weighted by Gasteiger charge is 2.43. The molecule has 26 heavy (non-hydrogen) atoms. The van der Waals surface area contributed by atoms with E-state index < -0.39 is 17.3 Å². The first-order valence-corrected chi connectivity index (χ1v) is 8.82. The third-order valence-corrected chi connectivity index (χ3v) is 5.20. The van der Waals surface area contributed by atoms with Crippen molar-refractivity contribution in [1.82, 2.24) is 10.3 Å². The Hall–Kier alpha value is -2.50. The summed E-state index contributed by atoms with van der Waals surface area (Å²) in [7, 11) is 1.34. The number of halogens is 1. The van der Waals surface area contributed by atoms with Gasteiger partial charge in [0, 0.05) is 17.1 Å². The van der Waals surface area contributed by atoms with Crippen LogP contribution in [0, 0.1) is 18.7 Å². The van der Waals surface area contributed by atoms with Crippen LogP contribution in [0.4, 0.5) is 4.39 Å². The van der Waals surface area contributed by atoms with Gasteiger partial charge in [-0.2, -0.15) is 0 Å². The Balaban J connectivity index is 1.98. The van der Waals surface area contributed by atoms with Gasteiger partial charge in [0.2, 0.25) is 0 Å². The molecule has 5 nitrogen and oxygen atoms in total. The number of methoxy groups -OCH3 is 1. The van der Waals surface area contributed by atoms with Crippen LogP contribution in [-0.2, 0) is 9.53 Å². The second kappa shape index (κ2) is 7.02. The number of fused-ring (bicyclic) bond motifs is 1. The van der Waals surface area contributed by atoms with Crippen molar-refractivity contribution in [1.29, 1.82) is 0 Å². The van der Waals surface area contributed by atoms with Crippen molar-refractivity contribution in [3.05, 3.63) is 41.3 Å². The molecule has 1 heterocycles. The van der Waals surface area contributed by atoms with Gasteiger partial charge in [0.25, 0.3) is 5.91 Å². The maximum absolute atomic E-state index is 13.5. The molecular formula is C20H23FN2O3. The van der Waals surface area contributed by atoms with Gasteiger partial charge < -0.3 is 10.1 Å². The predicted molar refractivity (Wildman–Crippen MR) is 96.3 cm³/mol. The number of carbonyl (C=O) groups is 2. The molecule has 1 N–H and O–H groups in total. The van der Waals surface area contributed by atoms with E-state index in [-0.39, 0.29) is 5.91 Å². The highest BCUT2D eigenvalue weighted by atomic mass is 19.1. The van der Waals surface area contributed by atoms with Crippen molar-refractivity contribution in [3.63, 3.8) is 0 Å². The van der Waals surface area contributed by atoms with Crippen molar-refractivity contribution >= 4 is 22.8 Å². The number of rotatable bonds is 3. The Bertz CT molecular complexity index is 852. The number of benzene rings is 1. The van der Waals surface area contributed by atoms with E-state index in [1.54, 1.807) is 19.1 Å². The quantitative estimate of drug-likeness (QED) is 0.852. The second-order valence-corrected chi connectivity index (χ2v) is 7.18. The summed E-state index contributed by atoms with van der Waals surface area (Å²) in [5.74, 6) is -0.683. The van der Waals surface area contributed by atoms with Crippen molar-refractivity contribution < 1.29 is 18.7 Å². The topological polar surface area (TPSA) is 68.3 Å². The fraction of sp³-hybridized carbons (Fsp3) is 0.450. The van der Waals surface area contributed by atoms with Crippen molar-refractivity contribution in [3.8, 4) is 0 Å². The van der Waals surface area contributed by atoms with Gasteiger partial charge in [-0.1, -0.05) is 6.92 Å². The fourth-order valence-corrected chi connectivity index (χ4v) is 3.64. The van der Waals surface area contributed by atoms with E-state index >= 15 is 0 Å². The summed E-state index contributed by atoms with van der Waals surface area (Å²) in [4.78, 5) is 29.8. The maximum Gasteiger partial charge on any atom is 0.331 e. The molecule has 0 spiro atoms. The van der Waals surface area contributed by atoms with Crippen LogP contribution >= 0.6 is 0 Å². The number of nitrogens with one attached hydrogen (secondary N) is 1. The third kappa shape index (κ3) is 3.41. The Morgan fingerprint density at radius 1 is 1.27 bits per heavy atom. The van der Waals surface area contributed by atoms with Crippen LogP contribution in [0.15, 0.2) is 24.3 Å². The number of aryl methyl sites for hydroxylation is 1. The number of ether oxygens (including phenoxy) is 1. The first-order chi connectivity index (χ1) is 12.3. The molecule has 0 radical (unpaired) electrons. The number of amides is 1. The normalized spacial score (nSPS) is 22.8. The van der Waals surface area contributed by atoms with Gasteiger partial charge in [0.1, 0.15) is 11.4 Å². The lowest BCUT2D eigenvalue weighted by Gasteiger charge is -2.37. The average Bonchev–Trinajstić information content (AvgIpc) is 2.62. The number of hydrogen-bond acceptors (Lipinski definition) is 4. The lowest BCUT2D eigenvalue weighted by Crippen LogP contribution is -2.56. The van der Waals surface area contributed by atoms with E-state index in [9.17, 15) is 14.0 Å². The Labute approximate surface area is 151 Å². The van der Waals surface area contributed by atoms with E-state index in [4.69, 9.17) is 4.74 Å². The summed E-state index contributed by atoms with van der Waals surface area (Å²) in [5, 5.41) is 3.47. The smallest absolute Gasteiger partial charge is 0.331 e. The van der Waals surface area contributed by atoms with Crippen LogP contribution < -0.4 is 5.32 Å². The molecular weight excluding hydrogens is 335 g/mol. The molecule has 0 unspecified atom stereocenters. The standard InChI is InChI=1S/C20H23FN2O3/c1-12-6-8-20(9-7-12,19(25)26-3)23-18(24)16-10-13(2)22-17-11-14(21)4-5-15(16)17/h4-5,10-12H,6-9H2,1-3H3,(H,23,24). The van der Waals surface area contributed by atoms with E-state index in [0.717, 1.165) is 12.8 Å². The number of esters is 1. The zero-order chi connectivity index (χ0) is 18.9. The van der Waals surface area contributed by atoms with Crippen LogP contribution in [0.1, 0.15) is 48.7 Å². The molecule has 1 aliphatic rings. The molecule has 2 aromatic rings.